The fourth-order valence-electron chi connectivity index (χ4n) is 4.26. The predicted molar refractivity (Wildman–Crippen MR) is 123 cm³/mol. The van der Waals surface area contributed by atoms with Crippen LogP contribution in [-0.2, 0) is 17.7 Å². The SMILES string of the molecule is CCc1cc2c(C)c(-c3nc4ccccc4s3)c(=O)oc2c(O)c1CN1CCOCC1. The average Bonchev–Trinajstić information content (AvgIpc) is 3.20. The number of aromatic hydroxyl groups is 1. The maximum Gasteiger partial charge on any atom is 0.347 e. The molecular weight excluding hydrogens is 412 g/mol. The summed E-state index contributed by atoms with van der Waals surface area (Å²) in [6.45, 7) is 7.61. The predicted octanol–water partition coefficient (Wildman–Crippen LogP) is 4.48. The smallest absolute Gasteiger partial charge is 0.347 e. The molecule has 1 aliphatic rings. The zero-order chi connectivity index (χ0) is 21.5. The summed E-state index contributed by atoms with van der Waals surface area (Å²) >= 11 is 1.48. The molecule has 160 valence electrons. The standard InChI is InChI=1S/C24H24N2O4S/c1-3-15-12-16-14(2)20(23-25-18-6-4-5-7-19(18)31-23)24(28)30-22(16)21(27)17(15)13-26-8-10-29-11-9-26/h4-7,12,27H,3,8-11,13H2,1-2H3. The summed E-state index contributed by atoms with van der Waals surface area (Å²) in [6, 6.07) is 9.88. The molecule has 3 heterocycles. The Morgan fingerprint density at radius 2 is 2.00 bits per heavy atom. The van der Waals surface area contributed by atoms with Crippen LogP contribution >= 0.6 is 11.3 Å². The van der Waals surface area contributed by atoms with Crippen LogP contribution in [0.3, 0.4) is 0 Å². The van der Waals surface area contributed by atoms with Crippen molar-refractivity contribution in [2.75, 3.05) is 26.3 Å². The maximum absolute atomic E-state index is 13.0. The summed E-state index contributed by atoms with van der Waals surface area (Å²) < 4.78 is 12.2. The summed E-state index contributed by atoms with van der Waals surface area (Å²) in [5, 5.41) is 12.5. The van der Waals surface area contributed by atoms with Gasteiger partial charge in [0.15, 0.2) is 11.3 Å². The molecule has 4 aromatic rings. The van der Waals surface area contributed by atoms with Crippen molar-refractivity contribution in [1.29, 1.82) is 0 Å². The van der Waals surface area contributed by atoms with Gasteiger partial charge >= 0.3 is 5.63 Å². The van der Waals surface area contributed by atoms with Crippen molar-refractivity contribution in [3.8, 4) is 16.3 Å². The number of phenolic OH excluding ortho intramolecular Hbond substituents is 1. The highest BCUT2D eigenvalue weighted by atomic mass is 32.1. The zero-order valence-corrected chi connectivity index (χ0v) is 18.4. The Morgan fingerprint density at radius 3 is 2.74 bits per heavy atom. The van der Waals surface area contributed by atoms with Crippen molar-refractivity contribution in [2.45, 2.75) is 26.8 Å². The minimum Gasteiger partial charge on any atom is -0.504 e. The summed E-state index contributed by atoms with van der Waals surface area (Å²) in [4.78, 5) is 19.9. The maximum atomic E-state index is 13.0. The van der Waals surface area contributed by atoms with Gasteiger partial charge in [-0.15, -0.1) is 11.3 Å². The van der Waals surface area contributed by atoms with E-state index in [9.17, 15) is 9.90 Å². The number of hydrogen-bond donors (Lipinski definition) is 1. The summed E-state index contributed by atoms with van der Waals surface area (Å²) in [5.41, 5.74) is 3.79. The van der Waals surface area contributed by atoms with Gasteiger partial charge in [-0.3, -0.25) is 4.90 Å². The zero-order valence-electron chi connectivity index (χ0n) is 17.6. The van der Waals surface area contributed by atoms with E-state index in [1.807, 2.05) is 31.2 Å². The first kappa shape index (κ1) is 20.2. The summed E-state index contributed by atoms with van der Waals surface area (Å²) in [5.74, 6) is 0.0666. The van der Waals surface area contributed by atoms with E-state index in [1.54, 1.807) is 0 Å². The van der Waals surface area contributed by atoms with Crippen molar-refractivity contribution >= 4 is 32.5 Å². The highest BCUT2D eigenvalue weighted by Crippen LogP contribution is 2.38. The molecule has 0 bridgehead atoms. The van der Waals surface area contributed by atoms with E-state index in [4.69, 9.17) is 9.15 Å². The third kappa shape index (κ3) is 3.52. The number of aromatic nitrogens is 1. The minimum atomic E-state index is -0.471. The Balaban J connectivity index is 1.67. The molecule has 2 aromatic carbocycles. The number of fused-ring (bicyclic) bond motifs is 2. The van der Waals surface area contributed by atoms with E-state index < -0.39 is 5.63 Å². The largest absolute Gasteiger partial charge is 0.504 e. The highest BCUT2D eigenvalue weighted by molar-refractivity contribution is 7.21. The van der Waals surface area contributed by atoms with Crippen LogP contribution in [0.1, 0.15) is 23.6 Å². The fourth-order valence-corrected chi connectivity index (χ4v) is 5.31. The van der Waals surface area contributed by atoms with Gasteiger partial charge in [0.05, 0.1) is 29.0 Å². The highest BCUT2D eigenvalue weighted by Gasteiger charge is 2.23. The molecular formula is C24H24N2O4S. The van der Waals surface area contributed by atoms with Crippen LogP contribution in [0, 0.1) is 6.92 Å². The second-order valence-electron chi connectivity index (χ2n) is 7.86. The van der Waals surface area contributed by atoms with E-state index in [-0.39, 0.29) is 11.3 Å². The molecule has 0 radical (unpaired) electrons. The lowest BCUT2D eigenvalue weighted by atomic mass is 9.97. The first-order valence-electron chi connectivity index (χ1n) is 10.5. The molecule has 1 fully saturated rings. The van der Waals surface area contributed by atoms with Crippen molar-refractivity contribution < 1.29 is 14.3 Å². The second kappa shape index (κ2) is 8.07. The van der Waals surface area contributed by atoms with Gasteiger partial charge in [0.2, 0.25) is 0 Å². The van der Waals surface area contributed by atoms with E-state index >= 15 is 0 Å². The van der Waals surface area contributed by atoms with Gasteiger partial charge in [-0.25, -0.2) is 9.78 Å². The second-order valence-corrected chi connectivity index (χ2v) is 8.89. The Labute approximate surface area is 183 Å². The molecule has 2 aromatic heterocycles. The summed E-state index contributed by atoms with van der Waals surface area (Å²) in [7, 11) is 0. The monoisotopic (exact) mass is 436 g/mol. The van der Waals surface area contributed by atoms with Crippen molar-refractivity contribution in [3.05, 3.63) is 57.4 Å². The Kier molecular flexibility index (Phi) is 5.25. The van der Waals surface area contributed by atoms with Crippen molar-refractivity contribution in [2.24, 2.45) is 0 Å². The quantitative estimate of drug-likeness (QED) is 0.476. The van der Waals surface area contributed by atoms with Crippen molar-refractivity contribution in [3.63, 3.8) is 0 Å². The van der Waals surface area contributed by atoms with E-state index in [2.05, 4.69) is 22.9 Å². The normalized spacial score (nSPS) is 15.2. The number of ether oxygens (including phenoxy) is 1. The Bertz CT molecular complexity index is 1300. The van der Waals surface area contributed by atoms with Crippen LogP contribution in [0.25, 0.3) is 31.8 Å². The van der Waals surface area contributed by atoms with E-state index in [0.717, 1.165) is 51.8 Å². The molecule has 1 aliphatic heterocycles. The van der Waals surface area contributed by atoms with Crippen molar-refractivity contribution in [1.82, 2.24) is 9.88 Å². The number of thiazole rings is 1. The number of hydrogen-bond acceptors (Lipinski definition) is 7. The molecule has 31 heavy (non-hydrogen) atoms. The Morgan fingerprint density at radius 1 is 1.23 bits per heavy atom. The molecule has 1 N–H and O–H groups in total. The third-order valence-electron chi connectivity index (χ3n) is 6.00. The molecule has 0 amide bonds. The van der Waals surface area contributed by atoms with Gasteiger partial charge in [0, 0.05) is 30.6 Å². The topological polar surface area (TPSA) is 75.8 Å². The van der Waals surface area contributed by atoms with Gasteiger partial charge < -0.3 is 14.3 Å². The van der Waals surface area contributed by atoms with E-state index in [0.29, 0.717) is 30.3 Å². The number of phenols is 1. The van der Waals surface area contributed by atoms with Gasteiger partial charge in [0.25, 0.3) is 0 Å². The minimum absolute atomic E-state index is 0.0666. The fraction of sp³-hybridized carbons (Fsp3) is 0.333. The van der Waals surface area contributed by atoms with Crippen LogP contribution in [0.15, 0.2) is 39.5 Å². The third-order valence-corrected chi connectivity index (χ3v) is 7.06. The number of nitrogens with zero attached hydrogens (tertiary/aromatic N) is 2. The summed E-state index contributed by atoms with van der Waals surface area (Å²) in [6.07, 6.45) is 0.776. The lowest BCUT2D eigenvalue weighted by Gasteiger charge is -2.28. The molecule has 0 aliphatic carbocycles. The molecule has 0 atom stereocenters. The number of rotatable bonds is 4. The molecule has 0 spiro atoms. The molecule has 6 nitrogen and oxygen atoms in total. The Hall–Kier alpha value is -2.74. The van der Waals surface area contributed by atoms with Gasteiger partial charge in [-0.1, -0.05) is 19.1 Å². The first-order chi connectivity index (χ1) is 15.1. The number of benzene rings is 2. The van der Waals surface area contributed by atoms with Gasteiger partial charge in [-0.05, 0) is 42.7 Å². The number of morpholine rings is 1. The number of aryl methyl sites for hydroxylation is 2. The number of para-hydroxylation sites is 1. The average molecular weight is 437 g/mol. The van der Waals surface area contributed by atoms with Crippen LogP contribution in [0.2, 0.25) is 0 Å². The molecule has 5 rings (SSSR count). The van der Waals surface area contributed by atoms with Crippen LogP contribution in [-0.4, -0.2) is 41.3 Å². The molecule has 1 saturated heterocycles. The lowest BCUT2D eigenvalue weighted by molar-refractivity contribution is 0.0338. The molecule has 0 saturated carbocycles. The van der Waals surface area contributed by atoms with Gasteiger partial charge in [-0.2, -0.15) is 0 Å². The van der Waals surface area contributed by atoms with Gasteiger partial charge in [0.1, 0.15) is 5.01 Å². The van der Waals surface area contributed by atoms with E-state index in [1.165, 1.54) is 11.3 Å². The molecule has 0 unspecified atom stereocenters. The van der Waals surface area contributed by atoms with Crippen LogP contribution in [0.5, 0.6) is 5.75 Å². The molecule has 7 heteroatoms. The first-order valence-corrected chi connectivity index (χ1v) is 11.4. The van der Waals surface area contributed by atoms with Crippen LogP contribution < -0.4 is 5.63 Å². The lowest BCUT2D eigenvalue weighted by Crippen LogP contribution is -2.35. The van der Waals surface area contributed by atoms with Crippen LogP contribution in [0.4, 0.5) is 0 Å².